The van der Waals surface area contributed by atoms with Gasteiger partial charge in [-0.2, -0.15) is 0 Å². The molecule has 0 aliphatic heterocycles. The van der Waals surface area contributed by atoms with Crippen LogP contribution in [0, 0.1) is 6.92 Å². The van der Waals surface area contributed by atoms with Crippen molar-refractivity contribution in [1.82, 2.24) is 5.32 Å². The van der Waals surface area contributed by atoms with Crippen molar-refractivity contribution in [3.63, 3.8) is 0 Å². The van der Waals surface area contributed by atoms with E-state index in [9.17, 15) is 9.90 Å². The van der Waals surface area contributed by atoms with Crippen LogP contribution in [0.1, 0.15) is 29.7 Å². The van der Waals surface area contributed by atoms with Crippen LogP contribution in [0.5, 0.6) is 0 Å². The average molecular weight is 298 g/mol. The quantitative estimate of drug-likeness (QED) is 0.768. The van der Waals surface area contributed by atoms with E-state index in [0.717, 1.165) is 16.8 Å². The molecule has 2 aromatic carbocycles. The fourth-order valence-corrected chi connectivity index (χ4v) is 2.17. The number of hydrogen-bond donors (Lipinski definition) is 3. The molecule has 0 aliphatic rings. The zero-order valence-electron chi connectivity index (χ0n) is 13.0. The van der Waals surface area contributed by atoms with Gasteiger partial charge < -0.3 is 15.7 Å². The molecule has 0 radical (unpaired) electrons. The average Bonchev–Trinajstić information content (AvgIpc) is 2.49. The minimum Gasteiger partial charge on any atom is -0.387 e. The van der Waals surface area contributed by atoms with Gasteiger partial charge in [0, 0.05) is 25.7 Å². The lowest BCUT2D eigenvalue weighted by Crippen LogP contribution is -2.21. The van der Waals surface area contributed by atoms with Crippen LogP contribution in [-0.4, -0.2) is 17.6 Å². The first-order valence-electron chi connectivity index (χ1n) is 7.36. The van der Waals surface area contributed by atoms with Crippen molar-refractivity contribution in [1.29, 1.82) is 0 Å². The zero-order chi connectivity index (χ0) is 15.9. The molecule has 2 rings (SSSR count). The van der Waals surface area contributed by atoms with Gasteiger partial charge in [-0.05, 0) is 30.2 Å². The summed E-state index contributed by atoms with van der Waals surface area (Å²) in [4.78, 5) is 10.9. The Morgan fingerprint density at radius 2 is 1.73 bits per heavy atom. The van der Waals surface area contributed by atoms with Gasteiger partial charge in [-0.1, -0.05) is 42.0 Å². The molecule has 1 amide bonds. The van der Waals surface area contributed by atoms with E-state index in [1.54, 1.807) is 0 Å². The van der Waals surface area contributed by atoms with Crippen molar-refractivity contribution >= 4 is 11.6 Å². The highest BCUT2D eigenvalue weighted by Gasteiger charge is 2.06. The van der Waals surface area contributed by atoms with Gasteiger partial charge in [0.25, 0.3) is 0 Å². The van der Waals surface area contributed by atoms with E-state index in [-0.39, 0.29) is 5.91 Å². The highest BCUT2D eigenvalue weighted by molar-refractivity contribution is 5.88. The zero-order valence-corrected chi connectivity index (χ0v) is 13.0. The van der Waals surface area contributed by atoms with Crippen LogP contribution in [0.15, 0.2) is 48.5 Å². The molecule has 0 aliphatic carbocycles. The Kier molecular flexibility index (Phi) is 5.69. The van der Waals surface area contributed by atoms with Gasteiger partial charge in [0.2, 0.25) is 5.91 Å². The Morgan fingerprint density at radius 1 is 1.09 bits per heavy atom. The van der Waals surface area contributed by atoms with Crippen LogP contribution in [0.25, 0.3) is 0 Å². The van der Waals surface area contributed by atoms with E-state index >= 15 is 0 Å². The standard InChI is InChI=1S/C18H22N2O2/c1-13-3-7-16(8-4-13)18(22)12-19-11-15-5-9-17(10-6-15)20-14(2)21/h3-10,18-19,22H,11-12H2,1-2H3,(H,20,21)/t18-/m0/s1. The fraction of sp³-hybridized carbons (Fsp3) is 0.278. The molecule has 1 atom stereocenters. The highest BCUT2D eigenvalue weighted by Crippen LogP contribution is 2.13. The van der Waals surface area contributed by atoms with Crippen molar-refractivity contribution in [2.45, 2.75) is 26.5 Å². The highest BCUT2D eigenvalue weighted by atomic mass is 16.3. The lowest BCUT2D eigenvalue weighted by molar-refractivity contribution is -0.114. The summed E-state index contributed by atoms with van der Waals surface area (Å²) < 4.78 is 0. The van der Waals surface area contributed by atoms with Gasteiger partial charge >= 0.3 is 0 Å². The van der Waals surface area contributed by atoms with Crippen molar-refractivity contribution in [3.8, 4) is 0 Å². The molecule has 4 heteroatoms. The van der Waals surface area contributed by atoms with E-state index in [0.29, 0.717) is 13.1 Å². The Labute approximate surface area is 131 Å². The minimum atomic E-state index is -0.515. The maximum atomic E-state index is 10.9. The number of anilines is 1. The van der Waals surface area contributed by atoms with E-state index in [4.69, 9.17) is 0 Å². The van der Waals surface area contributed by atoms with E-state index in [2.05, 4.69) is 10.6 Å². The first-order valence-corrected chi connectivity index (χ1v) is 7.36. The number of hydrogen-bond acceptors (Lipinski definition) is 3. The second-order valence-electron chi connectivity index (χ2n) is 5.44. The number of carbonyl (C=O) groups is 1. The molecule has 116 valence electrons. The summed E-state index contributed by atoms with van der Waals surface area (Å²) >= 11 is 0. The van der Waals surface area contributed by atoms with Crippen LogP contribution in [0.4, 0.5) is 5.69 Å². The second-order valence-corrected chi connectivity index (χ2v) is 5.44. The Hall–Kier alpha value is -2.17. The summed E-state index contributed by atoms with van der Waals surface area (Å²) in [5, 5.41) is 16.1. The Morgan fingerprint density at radius 3 is 2.32 bits per heavy atom. The summed E-state index contributed by atoms with van der Waals surface area (Å²) in [7, 11) is 0. The topological polar surface area (TPSA) is 61.4 Å². The first-order chi connectivity index (χ1) is 10.5. The smallest absolute Gasteiger partial charge is 0.221 e. The molecule has 0 aromatic heterocycles. The third-order valence-corrected chi connectivity index (χ3v) is 3.40. The second kappa shape index (κ2) is 7.73. The molecule has 0 bridgehead atoms. The van der Waals surface area contributed by atoms with Crippen molar-refractivity contribution in [2.75, 3.05) is 11.9 Å². The van der Waals surface area contributed by atoms with E-state index in [1.807, 2.05) is 55.5 Å². The molecule has 4 nitrogen and oxygen atoms in total. The Balaban J connectivity index is 1.80. The maximum absolute atomic E-state index is 10.9. The molecular weight excluding hydrogens is 276 g/mol. The fourth-order valence-electron chi connectivity index (χ4n) is 2.17. The van der Waals surface area contributed by atoms with Crippen LogP contribution in [0.2, 0.25) is 0 Å². The van der Waals surface area contributed by atoms with Gasteiger partial charge in [0.15, 0.2) is 0 Å². The van der Waals surface area contributed by atoms with Gasteiger partial charge in [0.05, 0.1) is 6.10 Å². The molecular formula is C18H22N2O2. The number of aliphatic hydroxyl groups excluding tert-OH is 1. The number of rotatable bonds is 6. The number of aliphatic hydroxyl groups is 1. The normalized spacial score (nSPS) is 12.0. The third kappa shape index (κ3) is 4.98. The van der Waals surface area contributed by atoms with Gasteiger partial charge in [-0.3, -0.25) is 4.79 Å². The van der Waals surface area contributed by atoms with Crippen LogP contribution in [-0.2, 0) is 11.3 Å². The number of benzene rings is 2. The number of amides is 1. The molecule has 0 heterocycles. The monoisotopic (exact) mass is 298 g/mol. The molecule has 22 heavy (non-hydrogen) atoms. The molecule has 0 saturated heterocycles. The molecule has 3 N–H and O–H groups in total. The maximum Gasteiger partial charge on any atom is 0.221 e. The SMILES string of the molecule is CC(=O)Nc1ccc(CNC[C@H](O)c2ccc(C)cc2)cc1. The van der Waals surface area contributed by atoms with Crippen LogP contribution >= 0.6 is 0 Å². The summed E-state index contributed by atoms with van der Waals surface area (Å²) in [5.74, 6) is -0.0768. The molecule has 0 spiro atoms. The largest absolute Gasteiger partial charge is 0.387 e. The number of aryl methyl sites for hydroxylation is 1. The molecule has 0 unspecified atom stereocenters. The van der Waals surface area contributed by atoms with Gasteiger partial charge in [-0.25, -0.2) is 0 Å². The lowest BCUT2D eigenvalue weighted by atomic mass is 10.1. The molecule has 0 saturated carbocycles. The van der Waals surface area contributed by atoms with E-state index < -0.39 is 6.10 Å². The summed E-state index contributed by atoms with van der Waals surface area (Å²) in [6, 6.07) is 15.5. The number of nitrogens with one attached hydrogen (secondary N) is 2. The van der Waals surface area contributed by atoms with Gasteiger partial charge in [-0.15, -0.1) is 0 Å². The number of carbonyl (C=O) groups excluding carboxylic acids is 1. The predicted octanol–water partition coefficient (Wildman–Crippen LogP) is 2.78. The van der Waals surface area contributed by atoms with E-state index in [1.165, 1.54) is 12.5 Å². The summed E-state index contributed by atoms with van der Waals surface area (Å²) in [5.41, 5.74) is 3.99. The lowest BCUT2D eigenvalue weighted by Gasteiger charge is -2.13. The van der Waals surface area contributed by atoms with Crippen molar-refractivity contribution in [3.05, 3.63) is 65.2 Å². The van der Waals surface area contributed by atoms with Crippen LogP contribution < -0.4 is 10.6 Å². The third-order valence-electron chi connectivity index (χ3n) is 3.40. The summed E-state index contributed by atoms with van der Waals surface area (Å²) in [6.45, 7) is 4.68. The molecule has 2 aromatic rings. The van der Waals surface area contributed by atoms with Crippen molar-refractivity contribution in [2.24, 2.45) is 0 Å². The van der Waals surface area contributed by atoms with Crippen molar-refractivity contribution < 1.29 is 9.90 Å². The molecule has 0 fully saturated rings. The first kappa shape index (κ1) is 16.2. The minimum absolute atomic E-state index is 0.0768. The summed E-state index contributed by atoms with van der Waals surface area (Å²) in [6.07, 6.45) is -0.515. The predicted molar refractivity (Wildman–Crippen MR) is 88.6 cm³/mol. The van der Waals surface area contributed by atoms with Crippen LogP contribution in [0.3, 0.4) is 0 Å². The van der Waals surface area contributed by atoms with Gasteiger partial charge in [0.1, 0.15) is 0 Å². The Bertz CT molecular complexity index is 606.